The van der Waals surface area contributed by atoms with Gasteiger partial charge in [-0.2, -0.15) is 0 Å². The second-order valence-corrected chi connectivity index (χ2v) is 10.1. The molecule has 3 aromatic heterocycles. The predicted molar refractivity (Wildman–Crippen MR) is 161 cm³/mol. The number of aromatic nitrogens is 1. The third kappa shape index (κ3) is 2.82. The Morgan fingerprint density at radius 1 is 0.436 bits per heavy atom. The lowest BCUT2D eigenvalue weighted by Crippen LogP contribution is -1.94. The standard InChI is InChI=1S/C36H21NO2/c1-4-16-31-25(11-1)28-19-20-30-27-13-3-6-18-33(27)39-36(30)34(28)37(31)23-10-7-9-22(21-23)24-14-8-15-29-26-12-2-5-17-32(26)38-35(24)29/h1-21H. The Hall–Kier alpha value is -5.28. The number of hydrogen-bond donors (Lipinski definition) is 0. The van der Waals surface area contributed by atoms with E-state index in [0.717, 1.165) is 71.7 Å². The zero-order valence-corrected chi connectivity index (χ0v) is 20.9. The number of furan rings is 2. The number of hydrogen-bond acceptors (Lipinski definition) is 2. The first-order valence-corrected chi connectivity index (χ1v) is 13.2. The highest BCUT2D eigenvalue weighted by Gasteiger charge is 2.19. The summed E-state index contributed by atoms with van der Waals surface area (Å²) in [6.07, 6.45) is 0. The van der Waals surface area contributed by atoms with Crippen LogP contribution in [0.1, 0.15) is 0 Å². The first-order valence-electron chi connectivity index (χ1n) is 13.2. The van der Waals surface area contributed by atoms with Gasteiger partial charge in [0.2, 0.25) is 0 Å². The molecule has 0 fully saturated rings. The molecule has 0 aliphatic carbocycles. The van der Waals surface area contributed by atoms with Crippen LogP contribution in [0.25, 0.3) is 82.5 Å². The Morgan fingerprint density at radius 2 is 1.05 bits per heavy atom. The lowest BCUT2D eigenvalue weighted by Gasteiger charge is -2.11. The summed E-state index contributed by atoms with van der Waals surface area (Å²) in [5.74, 6) is 0. The number of benzene rings is 6. The molecular weight excluding hydrogens is 478 g/mol. The van der Waals surface area contributed by atoms with Crippen LogP contribution in [0.15, 0.2) is 136 Å². The molecule has 9 aromatic rings. The van der Waals surface area contributed by atoms with E-state index in [4.69, 9.17) is 8.83 Å². The normalized spacial score (nSPS) is 12.1. The van der Waals surface area contributed by atoms with Gasteiger partial charge in [-0.15, -0.1) is 0 Å². The topological polar surface area (TPSA) is 31.2 Å². The largest absolute Gasteiger partial charge is 0.455 e. The molecule has 39 heavy (non-hydrogen) atoms. The van der Waals surface area contributed by atoms with Gasteiger partial charge in [0.05, 0.1) is 11.0 Å². The molecule has 182 valence electrons. The van der Waals surface area contributed by atoms with E-state index in [1.165, 1.54) is 10.8 Å². The van der Waals surface area contributed by atoms with Crippen LogP contribution in [-0.4, -0.2) is 4.57 Å². The summed E-state index contributed by atoms with van der Waals surface area (Å²) in [6, 6.07) is 44.7. The SMILES string of the molecule is c1cc(-c2cccc3c2oc2ccccc23)cc(-n2c3ccccc3c3ccc4c5ccccc5oc4c32)c1. The van der Waals surface area contributed by atoms with E-state index < -0.39 is 0 Å². The van der Waals surface area contributed by atoms with Gasteiger partial charge in [-0.05, 0) is 42.0 Å². The fourth-order valence-electron chi connectivity index (χ4n) is 6.29. The van der Waals surface area contributed by atoms with Crippen molar-refractivity contribution in [2.75, 3.05) is 0 Å². The highest BCUT2D eigenvalue weighted by atomic mass is 16.3. The van der Waals surface area contributed by atoms with Gasteiger partial charge in [0.15, 0.2) is 5.58 Å². The molecule has 0 amide bonds. The molecule has 0 radical (unpaired) electrons. The molecule has 0 aliphatic rings. The van der Waals surface area contributed by atoms with Gasteiger partial charge in [-0.25, -0.2) is 0 Å². The van der Waals surface area contributed by atoms with Crippen LogP contribution in [0.3, 0.4) is 0 Å². The van der Waals surface area contributed by atoms with Crippen molar-refractivity contribution in [3.63, 3.8) is 0 Å². The lowest BCUT2D eigenvalue weighted by molar-refractivity contribution is 0.670. The van der Waals surface area contributed by atoms with Crippen LogP contribution in [0.2, 0.25) is 0 Å². The monoisotopic (exact) mass is 499 g/mol. The van der Waals surface area contributed by atoms with Gasteiger partial charge < -0.3 is 13.4 Å². The summed E-state index contributed by atoms with van der Waals surface area (Å²) in [5.41, 5.74) is 9.16. The minimum Gasteiger partial charge on any atom is -0.455 e. The molecule has 0 atom stereocenters. The third-order valence-electron chi connectivity index (χ3n) is 8.00. The lowest BCUT2D eigenvalue weighted by atomic mass is 10.0. The molecule has 3 heteroatoms. The molecular formula is C36H21NO2. The smallest absolute Gasteiger partial charge is 0.160 e. The molecule has 0 N–H and O–H groups in total. The predicted octanol–water partition coefficient (Wildman–Crippen LogP) is 10.2. The maximum absolute atomic E-state index is 6.53. The van der Waals surface area contributed by atoms with Crippen molar-refractivity contribution in [2.24, 2.45) is 0 Å². The fourth-order valence-corrected chi connectivity index (χ4v) is 6.29. The second-order valence-electron chi connectivity index (χ2n) is 10.1. The van der Waals surface area contributed by atoms with Crippen molar-refractivity contribution in [2.45, 2.75) is 0 Å². The van der Waals surface area contributed by atoms with Crippen molar-refractivity contribution in [1.82, 2.24) is 4.57 Å². The quantitative estimate of drug-likeness (QED) is 0.237. The van der Waals surface area contributed by atoms with Crippen LogP contribution >= 0.6 is 0 Å². The maximum atomic E-state index is 6.53. The summed E-state index contributed by atoms with van der Waals surface area (Å²) in [7, 11) is 0. The minimum absolute atomic E-state index is 0.905. The Morgan fingerprint density at radius 3 is 1.87 bits per heavy atom. The van der Waals surface area contributed by atoms with Gasteiger partial charge in [0, 0.05) is 43.6 Å². The molecule has 0 saturated carbocycles. The van der Waals surface area contributed by atoms with E-state index in [9.17, 15) is 0 Å². The minimum atomic E-state index is 0.905. The Labute approximate surface area is 223 Å². The first-order chi connectivity index (χ1) is 19.3. The first kappa shape index (κ1) is 20.7. The second kappa shape index (κ2) is 7.62. The van der Waals surface area contributed by atoms with E-state index in [0.29, 0.717) is 0 Å². The van der Waals surface area contributed by atoms with Crippen LogP contribution in [-0.2, 0) is 0 Å². The summed E-state index contributed by atoms with van der Waals surface area (Å²) in [5, 5.41) is 6.93. The van der Waals surface area contributed by atoms with Crippen LogP contribution in [0.4, 0.5) is 0 Å². The van der Waals surface area contributed by atoms with Crippen molar-refractivity contribution in [1.29, 1.82) is 0 Å². The molecule has 0 saturated heterocycles. The molecule has 0 bridgehead atoms. The summed E-state index contributed by atoms with van der Waals surface area (Å²) in [6.45, 7) is 0. The summed E-state index contributed by atoms with van der Waals surface area (Å²) < 4.78 is 15.3. The molecule has 3 heterocycles. The summed E-state index contributed by atoms with van der Waals surface area (Å²) >= 11 is 0. The number of rotatable bonds is 2. The van der Waals surface area contributed by atoms with Gasteiger partial charge in [-0.3, -0.25) is 0 Å². The number of nitrogens with zero attached hydrogens (tertiary/aromatic N) is 1. The van der Waals surface area contributed by atoms with Crippen LogP contribution in [0.5, 0.6) is 0 Å². The van der Waals surface area contributed by atoms with Gasteiger partial charge in [-0.1, -0.05) is 91.0 Å². The van der Waals surface area contributed by atoms with E-state index in [2.05, 4.69) is 108 Å². The Bertz CT molecular complexity index is 2400. The van der Waals surface area contributed by atoms with Crippen molar-refractivity contribution in [3.05, 3.63) is 127 Å². The molecule has 0 unspecified atom stereocenters. The molecule has 3 nitrogen and oxygen atoms in total. The zero-order valence-electron chi connectivity index (χ0n) is 20.9. The number of para-hydroxylation sites is 4. The van der Waals surface area contributed by atoms with Crippen molar-refractivity contribution >= 4 is 65.7 Å². The Balaban J connectivity index is 1.36. The van der Waals surface area contributed by atoms with Gasteiger partial charge in [0.1, 0.15) is 16.7 Å². The van der Waals surface area contributed by atoms with E-state index in [-0.39, 0.29) is 0 Å². The average Bonchev–Trinajstić information content (AvgIpc) is 3.66. The molecule has 0 aliphatic heterocycles. The molecule has 9 rings (SSSR count). The van der Waals surface area contributed by atoms with E-state index >= 15 is 0 Å². The maximum Gasteiger partial charge on any atom is 0.160 e. The zero-order chi connectivity index (χ0) is 25.5. The van der Waals surface area contributed by atoms with Gasteiger partial charge in [0.25, 0.3) is 0 Å². The van der Waals surface area contributed by atoms with Crippen molar-refractivity contribution in [3.8, 4) is 16.8 Å². The number of fused-ring (bicyclic) bond motifs is 10. The van der Waals surface area contributed by atoms with Crippen molar-refractivity contribution < 1.29 is 8.83 Å². The third-order valence-corrected chi connectivity index (χ3v) is 8.00. The molecule has 6 aromatic carbocycles. The molecule has 0 spiro atoms. The highest BCUT2D eigenvalue weighted by Crippen LogP contribution is 2.41. The fraction of sp³-hybridized carbons (Fsp3) is 0. The van der Waals surface area contributed by atoms with E-state index in [1.54, 1.807) is 0 Å². The van der Waals surface area contributed by atoms with Gasteiger partial charge >= 0.3 is 0 Å². The highest BCUT2D eigenvalue weighted by molar-refractivity contribution is 6.21. The Kier molecular flexibility index (Phi) is 4.05. The average molecular weight is 500 g/mol. The van der Waals surface area contributed by atoms with Crippen LogP contribution in [0, 0.1) is 0 Å². The summed E-state index contributed by atoms with van der Waals surface area (Å²) in [4.78, 5) is 0. The van der Waals surface area contributed by atoms with E-state index in [1.807, 2.05) is 24.3 Å². The van der Waals surface area contributed by atoms with Crippen LogP contribution < -0.4 is 0 Å².